The van der Waals surface area contributed by atoms with E-state index >= 15 is 0 Å². The first kappa shape index (κ1) is 13.3. The Bertz CT molecular complexity index is 239. The van der Waals surface area contributed by atoms with Crippen molar-refractivity contribution < 1.29 is 15.0 Å². The highest BCUT2D eigenvalue weighted by atomic mass is 16.4. The summed E-state index contributed by atoms with van der Waals surface area (Å²) in [5.74, 6) is 0.367. The number of carboxylic acid groups (broad SMARTS) is 1. The molecule has 0 aliphatic heterocycles. The summed E-state index contributed by atoms with van der Waals surface area (Å²) in [6.07, 6.45) is 2.77. The third-order valence-corrected chi connectivity index (χ3v) is 3.37. The molecule has 0 heterocycles. The summed E-state index contributed by atoms with van der Waals surface area (Å²) in [4.78, 5) is 12.8. The molecule has 2 N–H and O–H groups in total. The van der Waals surface area contributed by atoms with Crippen molar-refractivity contribution >= 4 is 6.09 Å². The zero-order valence-corrected chi connectivity index (χ0v) is 10.4. The Labute approximate surface area is 97.3 Å². The Hall–Kier alpha value is -0.770. The monoisotopic (exact) mass is 229 g/mol. The zero-order valence-electron chi connectivity index (χ0n) is 10.4. The smallest absolute Gasteiger partial charge is 0.407 e. The summed E-state index contributed by atoms with van der Waals surface area (Å²) in [6, 6.07) is 0.111. The van der Waals surface area contributed by atoms with Crippen molar-refractivity contribution in [3.63, 3.8) is 0 Å². The summed E-state index contributed by atoms with van der Waals surface area (Å²) < 4.78 is 0. The maximum Gasteiger partial charge on any atom is 0.407 e. The van der Waals surface area contributed by atoms with Crippen molar-refractivity contribution in [2.45, 2.75) is 58.0 Å². The van der Waals surface area contributed by atoms with E-state index in [4.69, 9.17) is 5.11 Å². The number of hydrogen-bond donors (Lipinski definition) is 2. The van der Waals surface area contributed by atoms with E-state index < -0.39 is 6.09 Å². The van der Waals surface area contributed by atoms with Gasteiger partial charge < -0.3 is 15.1 Å². The minimum atomic E-state index is -0.833. The van der Waals surface area contributed by atoms with Crippen LogP contribution >= 0.6 is 0 Å². The fourth-order valence-corrected chi connectivity index (χ4v) is 2.58. The molecular formula is C12H23NO3. The molecule has 0 saturated heterocycles. The van der Waals surface area contributed by atoms with Crippen LogP contribution in [0.3, 0.4) is 0 Å². The molecule has 0 spiro atoms. The van der Waals surface area contributed by atoms with E-state index in [9.17, 15) is 9.90 Å². The van der Waals surface area contributed by atoms with E-state index in [0.29, 0.717) is 5.92 Å². The minimum Gasteiger partial charge on any atom is -0.465 e. The van der Waals surface area contributed by atoms with Crippen LogP contribution in [0.1, 0.15) is 46.5 Å². The van der Waals surface area contributed by atoms with Gasteiger partial charge in [-0.1, -0.05) is 0 Å². The molecule has 0 bridgehead atoms. The first-order valence-corrected chi connectivity index (χ1v) is 5.99. The van der Waals surface area contributed by atoms with E-state index in [-0.39, 0.29) is 18.2 Å². The lowest BCUT2D eigenvalue weighted by molar-refractivity contribution is 0.0449. The van der Waals surface area contributed by atoms with Gasteiger partial charge in [-0.2, -0.15) is 0 Å². The Morgan fingerprint density at radius 3 is 2.06 bits per heavy atom. The van der Waals surface area contributed by atoms with Gasteiger partial charge in [0, 0.05) is 18.2 Å². The predicted octanol–water partition coefficient (Wildman–Crippen LogP) is 2.32. The van der Waals surface area contributed by atoms with Gasteiger partial charge >= 0.3 is 6.09 Å². The van der Waals surface area contributed by atoms with E-state index in [1.807, 2.05) is 20.8 Å². The van der Waals surface area contributed by atoms with E-state index in [1.165, 1.54) is 0 Å². The molecule has 0 aromatic heterocycles. The molecule has 1 amide bonds. The van der Waals surface area contributed by atoms with E-state index in [1.54, 1.807) is 4.90 Å². The van der Waals surface area contributed by atoms with Gasteiger partial charge in [-0.25, -0.2) is 4.79 Å². The molecule has 1 aliphatic rings. The highest BCUT2D eigenvalue weighted by Crippen LogP contribution is 2.31. The number of carbonyl (C=O) groups is 1. The van der Waals surface area contributed by atoms with Crippen molar-refractivity contribution in [1.82, 2.24) is 4.90 Å². The third kappa shape index (κ3) is 3.11. The summed E-state index contributed by atoms with van der Waals surface area (Å²) in [5.41, 5.74) is -0.345. The van der Waals surface area contributed by atoms with Crippen LogP contribution in [0, 0.1) is 5.92 Å². The summed E-state index contributed by atoms with van der Waals surface area (Å²) >= 11 is 0. The van der Waals surface area contributed by atoms with Crippen LogP contribution in [0.2, 0.25) is 0 Å². The quantitative estimate of drug-likeness (QED) is 0.764. The molecule has 0 atom stereocenters. The first-order valence-electron chi connectivity index (χ1n) is 5.99. The lowest BCUT2D eigenvalue weighted by atomic mass is 9.84. The minimum absolute atomic E-state index is 0.111. The summed E-state index contributed by atoms with van der Waals surface area (Å²) in [6.45, 7) is 6.02. The van der Waals surface area contributed by atoms with E-state index in [2.05, 4.69) is 0 Å². The molecule has 16 heavy (non-hydrogen) atoms. The molecule has 4 nitrogen and oxygen atoms in total. The molecule has 1 fully saturated rings. The largest absolute Gasteiger partial charge is 0.465 e. The molecule has 1 saturated carbocycles. The van der Waals surface area contributed by atoms with E-state index in [0.717, 1.165) is 25.7 Å². The van der Waals surface area contributed by atoms with Gasteiger partial charge in [0.15, 0.2) is 0 Å². The van der Waals surface area contributed by atoms with Gasteiger partial charge in [-0.15, -0.1) is 0 Å². The van der Waals surface area contributed by atoms with Crippen LogP contribution in [-0.2, 0) is 0 Å². The van der Waals surface area contributed by atoms with Gasteiger partial charge in [0.05, 0.1) is 0 Å². The molecule has 1 aliphatic carbocycles. The highest BCUT2D eigenvalue weighted by molar-refractivity contribution is 5.66. The lowest BCUT2D eigenvalue weighted by Crippen LogP contribution is -2.52. The second-order valence-corrected chi connectivity index (χ2v) is 5.68. The van der Waals surface area contributed by atoms with Gasteiger partial charge in [-0.05, 0) is 52.4 Å². The number of aliphatic hydroxyl groups excluding tert-OH is 1. The fourth-order valence-electron chi connectivity index (χ4n) is 2.58. The average molecular weight is 229 g/mol. The van der Waals surface area contributed by atoms with Crippen LogP contribution in [0.25, 0.3) is 0 Å². The normalized spacial score (nSPS) is 26.5. The first-order chi connectivity index (χ1) is 7.36. The zero-order chi connectivity index (χ0) is 12.3. The molecule has 4 heteroatoms. The second-order valence-electron chi connectivity index (χ2n) is 5.68. The topological polar surface area (TPSA) is 60.8 Å². The Kier molecular flexibility index (Phi) is 4.19. The standard InChI is InChI=1S/C12H23NO3/c1-12(2,3)13(11(15)16)10-6-4-9(8-14)5-7-10/h9-10,14H,4-8H2,1-3H3,(H,15,16). The number of nitrogens with zero attached hydrogens (tertiary/aromatic N) is 1. The average Bonchev–Trinajstić information content (AvgIpc) is 2.16. The van der Waals surface area contributed by atoms with Gasteiger partial charge in [0.2, 0.25) is 0 Å². The SMILES string of the molecule is CC(C)(C)N(C(=O)O)C1CCC(CO)CC1. The van der Waals surface area contributed by atoms with Crippen molar-refractivity contribution in [2.24, 2.45) is 5.92 Å². The van der Waals surface area contributed by atoms with Crippen LogP contribution in [0.15, 0.2) is 0 Å². The van der Waals surface area contributed by atoms with Crippen molar-refractivity contribution in [3.05, 3.63) is 0 Å². The predicted molar refractivity (Wildman–Crippen MR) is 62.4 cm³/mol. The van der Waals surface area contributed by atoms with Crippen molar-refractivity contribution in [3.8, 4) is 0 Å². The maximum atomic E-state index is 11.3. The number of rotatable bonds is 2. The maximum absolute atomic E-state index is 11.3. The van der Waals surface area contributed by atoms with Crippen molar-refractivity contribution in [1.29, 1.82) is 0 Å². The molecule has 0 unspecified atom stereocenters. The molecule has 1 rings (SSSR count). The van der Waals surface area contributed by atoms with Gasteiger partial charge in [0.1, 0.15) is 0 Å². The molecule has 0 radical (unpaired) electrons. The molecule has 0 aromatic carbocycles. The molecule has 0 aromatic rings. The lowest BCUT2D eigenvalue weighted by Gasteiger charge is -2.42. The van der Waals surface area contributed by atoms with Crippen molar-refractivity contribution in [2.75, 3.05) is 6.61 Å². The fraction of sp³-hybridized carbons (Fsp3) is 0.917. The highest BCUT2D eigenvalue weighted by Gasteiger charge is 2.35. The van der Waals surface area contributed by atoms with Gasteiger partial charge in [-0.3, -0.25) is 0 Å². The Morgan fingerprint density at radius 2 is 1.75 bits per heavy atom. The van der Waals surface area contributed by atoms with Crippen LogP contribution in [-0.4, -0.2) is 39.4 Å². The van der Waals surface area contributed by atoms with Gasteiger partial charge in [0.25, 0.3) is 0 Å². The number of amides is 1. The summed E-state index contributed by atoms with van der Waals surface area (Å²) in [7, 11) is 0. The van der Waals surface area contributed by atoms with Crippen LogP contribution in [0.5, 0.6) is 0 Å². The van der Waals surface area contributed by atoms with Crippen LogP contribution < -0.4 is 0 Å². The Morgan fingerprint density at radius 1 is 1.25 bits per heavy atom. The number of hydrogen-bond acceptors (Lipinski definition) is 2. The molecular weight excluding hydrogens is 206 g/mol. The number of aliphatic hydroxyl groups is 1. The third-order valence-electron chi connectivity index (χ3n) is 3.37. The summed E-state index contributed by atoms with van der Waals surface area (Å²) in [5, 5.41) is 18.3. The molecule has 94 valence electrons. The second kappa shape index (κ2) is 5.04. The van der Waals surface area contributed by atoms with Crippen LogP contribution in [0.4, 0.5) is 4.79 Å². The Balaban J connectivity index is 2.65.